The van der Waals surface area contributed by atoms with Gasteiger partial charge in [0.25, 0.3) is 0 Å². The number of hydrogen-bond donors (Lipinski definition) is 4. The molecule has 6 N–H and O–H groups in total. The van der Waals surface area contributed by atoms with Crippen LogP contribution in [0.1, 0.15) is 25.7 Å². The summed E-state index contributed by atoms with van der Waals surface area (Å²) < 4.78 is 0. The lowest BCUT2D eigenvalue weighted by Crippen LogP contribution is -2.26. The zero-order valence-corrected chi connectivity index (χ0v) is 19.1. The first-order chi connectivity index (χ1) is 11.7. The lowest BCUT2D eigenvalue weighted by atomic mass is 9.81. The summed E-state index contributed by atoms with van der Waals surface area (Å²) in [5, 5.41) is 7.10. The Hall–Kier alpha value is -1.20. The van der Waals surface area contributed by atoms with Crippen LogP contribution in [0.25, 0.3) is 0 Å². The number of benzene rings is 2. The minimum Gasteiger partial charge on any atom is -0.399 e. The largest absolute Gasteiger partial charge is 0.399 e. The fraction of sp³-hybridized carbons (Fsp3) is 0.400. The first-order valence-electron chi connectivity index (χ1n) is 8.88. The standard InChI is InChI=1S/C20H28N4.4ClH/c21-17-4-8-19(9-5-17)23-13-15-2-1-3-16(12-15)14-24-20-10-6-18(22)7-11-20;;;;/h4-11,15-16,23-24H,1-3,12-14,21-22H2;4*1H. The monoisotopic (exact) mass is 468 g/mol. The van der Waals surface area contributed by atoms with E-state index in [1.165, 1.54) is 25.7 Å². The summed E-state index contributed by atoms with van der Waals surface area (Å²) in [7, 11) is 0. The first kappa shape index (κ1) is 29.0. The Kier molecular flexibility index (Phi) is 15.3. The average Bonchev–Trinajstić information content (AvgIpc) is 2.61. The summed E-state index contributed by atoms with van der Waals surface area (Å²) in [6.07, 6.45) is 5.24. The van der Waals surface area contributed by atoms with Gasteiger partial charge in [0.15, 0.2) is 0 Å². The van der Waals surface area contributed by atoms with Crippen LogP contribution in [0.3, 0.4) is 0 Å². The van der Waals surface area contributed by atoms with Crippen LogP contribution in [0.2, 0.25) is 0 Å². The van der Waals surface area contributed by atoms with Gasteiger partial charge in [-0.2, -0.15) is 0 Å². The fourth-order valence-corrected chi connectivity index (χ4v) is 3.50. The zero-order chi connectivity index (χ0) is 16.8. The molecule has 160 valence electrons. The predicted octanol–water partition coefficient (Wildman–Crippen LogP) is 5.87. The number of nitrogen functional groups attached to an aromatic ring is 2. The number of rotatable bonds is 6. The number of nitrogens with two attached hydrogens (primary N) is 2. The van der Waals surface area contributed by atoms with Crippen LogP contribution >= 0.6 is 49.6 Å². The van der Waals surface area contributed by atoms with Gasteiger partial charge < -0.3 is 22.1 Å². The van der Waals surface area contributed by atoms with Crippen LogP contribution in [0.15, 0.2) is 48.5 Å². The van der Waals surface area contributed by atoms with E-state index in [2.05, 4.69) is 34.9 Å². The molecule has 1 fully saturated rings. The summed E-state index contributed by atoms with van der Waals surface area (Å²) in [6, 6.07) is 16.0. The lowest BCUT2D eigenvalue weighted by Gasteiger charge is -2.30. The smallest absolute Gasteiger partial charge is 0.0341 e. The fourth-order valence-electron chi connectivity index (χ4n) is 3.50. The Morgan fingerprint density at radius 3 is 1.36 bits per heavy atom. The van der Waals surface area contributed by atoms with Crippen LogP contribution < -0.4 is 22.1 Å². The van der Waals surface area contributed by atoms with Crippen molar-refractivity contribution in [3.8, 4) is 0 Å². The first-order valence-corrected chi connectivity index (χ1v) is 8.88. The number of anilines is 4. The molecule has 2 atom stereocenters. The molecule has 2 aromatic carbocycles. The highest BCUT2D eigenvalue weighted by Crippen LogP contribution is 2.29. The summed E-state index contributed by atoms with van der Waals surface area (Å²) in [4.78, 5) is 0. The lowest BCUT2D eigenvalue weighted by molar-refractivity contribution is 0.286. The number of halogens is 4. The second-order valence-electron chi connectivity index (χ2n) is 6.90. The highest BCUT2D eigenvalue weighted by molar-refractivity contribution is 5.86. The van der Waals surface area contributed by atoms with Crippen LogP contribution in [-0.4, -0.2) is 13.1 Å². The third-order valence-electron chi connectivity index (χ3n) is 4.90. The van der Waals surface area contributed by atoms with Gasteiger partial charge in [-0.3, -0.25) is 0 Å². The van der Waals surface area contributed by atoms with E-state index in [0.717, 1.165) is 47.7 Å². The maximum absolute atomic E-state index is 5.73. The Morgan fingerprint density at radius 2 is 1.00 bits per heavy atom. The predicted molar refractivity (Wildman–Crippen MR) is 133 cm³/mol. The van der Waals surface area contributed by atoms with E-state index in [1.54, 1.807) is 0 Å². The molecule has 0 bridgehead atoms. The molecule has 0 radical (unpaired) electrons. The van der Waals surface area contributed by atoms with Crippen molar-refractivity contribution in [2.75, 3.05) is 35.2 Å². The van der Waals surface area contributed by atoms with Crippen LogP contribution in [0.5, 0.6) is 0 Å². The minimum atomic E-state index is 0. The van der Waals surface area contributed by atoms with Crippen molar-refractivity contribution >= 4 is 72.4 Å². The van der Waals surface area contributed by atoms with Crippen molar-refractivity contribution in [2.45, 2.75) is 25.7 Å². The molecule has 1 aliphatic carbocycles. The molecule has 0 aliphatic heterocycles. The van der Waals surface area contributed by atoms with Crippen LogP contribution in [-0.2, 0) is 0 Å². The van der Waals surface area contributed by atoms with Crippen molar-refractivity contribution in [1.82, 2.24) is 0 Å². The maximum atomic E-state index is 5.73. The molecule has 2 aromatic rings. The van der Waals surface area contributed by atoms with E-state index >= 15 is 0 Å². The van der Waals surface area contributed by atoms with Crippen LogP contribution in [0, 0.1) is 11.8 Å². The second-order valence-corrected chi connectivity index (χ2v) is 6.90. The Morgan fingerprint density at radius 1 is 0.643 bits per heavy atom. The molecule has 0 amide bonds. The molecule has 1 aliphatic rings. The van der Waals surface area contributed by atoms with Crippen LogP contribution in [0.4, 0.5) is 22.7 Å². The Bertz CT molecular complexity index is 582. The molecule has 1 saturated carbocycles. The Balaban J connectivity index is 0. The molecule has 3 rings (SSSR count). The summed E-state index contributed by atoms with van der Waals surface area (Å²) >= 11 is 0. The molecule has 0 heterocycles. The average molecular weight is 470 g/mol. The van der Waals surface area contributed by atoms with E-state index in [1.807, 2.05) is 24.3 Å². The van der Waals surface area contributed by atoms with Gasteiger partial charge in [-0.1, -0.05) is 6.42 Å². The number of nitrogens with one attached hydrogen (secondary N) is 2. The van der Waals surface area contributed by atoms with Gasteiger partial charge in [-0.15, -0.1) is 49.6 Å². The summed E-state index contributed by atoms with van der Waals surface area (Å²) in [5.41, 5.74) is 15.4. The molecule has 0 aromatic heterocycles. The molecule has 4 nitrogen and oxygen atoms in total. The molecular weight excluding hydrogens is 438 g/mol. The molecule has 2 unspecified atom stereocenters. The summed E-state index contributed by atoms with van der Waals surface area (Å²) in [6.45, 7) is 2.09. The van der Waals surface area contributed by atoms with Gasteiger partial charge in [0.1, 0.15) is 0 Å². The van der Waals surface area contributed by atoms with Crippen molar-refractivity contribution in [3.05, 3.63) is 48.5 Å². The van der Waals surface area contributed by atoms with E-state index in [4.69, 9.17) is 11.5 Å². The third-order valence-corrected chi connectivity index (χ3v) is 4.90. The highest BCUT2D eigenvalue weighted by Gasteiger charge is 2.21. The Labute approximate surface area is 193 Å². The zero-order valence-electron chi connectivity index (χ0n) is 15.8. The second kappa shape index (κ2) is 14.7. The van der Waals surface area contributed by atoms with Crippen molar-refractivity contribution in [2.24, 2.45) is 11.8 Å². The molecule has 8 heteroatoms. The maximum Gasteiger partial charge on any atom is 0.0341 e. The molecule has 0 spiro atoms. The molecule has 28 heavy (non-hydrogen) atoms. The summed E-state index contributed by atoms with van der Waals surface area (Å²) in [5.74, 6) is 1.49. The number of hydrogen-bond acceptors (Lipinski definition) is 4. The van der Waals surface area contributed by atoms with E-state index in [9.17, 15) is 0 Å². The van der Waals surface area contributed by atoms with Gasteiger partial charge in [-0.05, 0) is 79.6 Å². The van der Waals surface area contributed by atoms with Gasteiger partial charge in [-0.25, -0.2) is 0 Å². The van der Waals surface area contributed by atoms with Crippen molar-refractivity contribution in [1.29, 1.82) is 0 Å². The SMILES string of the molecule is Cl.Cl.Cl.Cl.Nc1ccc(NCC2CCCC(CNc3ccc(N)cc3)C2)cc1. The van der Waals surface area contributed by atoms with E-state index < -0.39 is 0 Å². The van der Waals surface area contributed by atoms with E-state index in [0.29, 0.717) is 0 Å². The quantitative estimate of drug-likeness (QED) is 0.399. The van der Waals surface area contributed by atoms with Crippen molar-refractivity contribution < 1.29 is 0 Å². The molecular formula is C20H32Cl4N4. The van der Waals surface area contributed by atoms with Crippen molar-refractivity contribution in [3.63, 3.8) is 0 Å². The third kappa shape index (κ3) is 9.33. The topological polar surface area (TPSA) is 76.1 Å². The minimum absolute atomic E-state index is 0. The normalized spacial score (nSPS) is 17.6. The molecule has 0 saturated heterocycles. The van der Waals surface area contributed by atoms with Gasteiger partial charge in [0.05, 0.1) is 0 Å². The van der Waals surface area contributed by atoms with E-state index in [-0.39, 0.29) is 49.6 Å². The van der Waals surface area contributed by atoms with Gasteiger partial charge in [0, 0.05) is 35.8 Å². The highest BCUT2D eigenvalue weighted by atomic mass is 35.5. The van der Waals surface area contributed by atoms with Gasteiger partial charge in [0.2, 0.25) is 0 Å². The van der Waals surface area contributed by atoms with Gasteiger partial charge >= 0.3 is 0 Å².